The van der Waals surface area contributed by atoms with Crippen LogP contribution in [-0.4, -0.2) is 29.8 Å². The van der Waals surface area contributed by atoms with Crippen LogP contribution in [-0.2, 0) is 0 Å². The number of alkyl halides is 1. The number of hydrogen-bond acceptors (Lipinski definition) is 4. The summed E-state index contributed by atoms with van der Waals surface area (Å²) >= 11 is 5.74. The number of nitrogens with one attached hydrogen (secondary N) is 1. The molecule has 0 saturated carbocycles. The summed E-state index contributed by atoms with van der Waals surface area (Å²) < 4.78 is 0. The van der Waals surface area contributed by atoms with Crippen molar-refractivity contribution >= 4 is 11.6 Å². The average Bonchev–Trinajstić information content (AvgIpc) is 1.77. The number of rotatable bonds is 0. The second-order valence-corrected chi connectivity index (χ2v) is 2.84. The second kappa shape index (κ2) is 2.40. The van der Waals surface area contributed by atoms with E-state index in [4.69, 9.17) is 23.2 Å². The van der Waals surface area contributed by atoms with Crippen LogP contribution in [0.25, 0.3) is 0 Å². The molecule has 54 valence electrons. The van der Waals surface area contributed by atoms with Crippen LogP contribution < -0.4 is 16.9 Å². The number of hydrazine groups is 1. The summed E-state index contributed by atoms with van der Waals surface area (Å²) in [5.74, 6) is 5.45. The first-order valence-electron chi connectivity index (χ1n) is 2.84. The van der Waals surface area contributed by atoms with E-state index in [1.165, 1.54) is 5.01 Å². The van der Waals surface area contributed by atoms with Gasteiger partial charge in [-0.3, -0.25) is 11.6 Å². The van der Waals surface area contributed by atoms with Crippen molar-refractivity contribution in [2.75, 3.05) is 19.6 Å². The summed E-state index contributed by atoms with van der Waals surface area (Å²) in [4.78, 5) is 0. The largest absolute Gasteiger partial charge is 0.311 e. The van der Waals surface area contributed by atoms with Crippen molar-refractivity contribution in [1.82, 2.24) is 10.3 Å². The maximum absolute atomic E-state index is 5.74. The fraction of sp³-hybridized carbons (Fsp3) is 1.00. The van der Waals surface area contributed by atoms with Crippen molar-refractivity contribution in [2.24, 2.45) is 11.6 Å². The van der Waals surface area contributed by atoms with Gasteiger partial charge in [0.25, 0.3) is 0 Å². The van der Waals surface area contributed by atoms with Gasteiger partial charge in [-0.15, -0.1) is 0 Å². The van der Waals surface area contributed by atoms with E-state index in [0.29, 0.717) is 13.1 Å². The topological polar surface area (TPSA) is 67.3 Å². The lowest BCUT2D eigenvalue weighted by Gasteiger charge is -2.36. The van der Waals surface area contributed by atoms with E-state index in [9.17, 15) is 0 Å². The molecule has 5 heteroatoms. The molecule has 5 N–H and O–H groups in total. The van der Waals surface area contributed by atoms with Crippen LogP contribution in [0.5, 0.6) is 0 Å². The molecule has 1 unspecified atom stereocenters. The zero-order chi connectivity index (χ0) is 6.91. The zero-order valence-corrected chi connectivity index (χ0v) is 5.86. The van der Waals surface area contributed by atoms with Gasteiger partial charge in [0.1, 0.15) is 0 Å². The number of nitrogens with zero attached hydrogens (tertiary/aromatic N) is 1. The van der Waals surface area contributed by atoms with Gasteiger partial charge < -0.3 is 5.32 Å². The van der Waals surface area contributed by atoms with E-state index in [-0.39, 0.29) is 0 Å². The fourth-order valence-electron chi connectivity index (χ4n) is 0.751. The first-order valence-corrected chi connectivity index (χ1v) is 3.21. The highest BCUT2D eigenvalue weighted by Crippen LogP contribution is 2.10. The van der Waals surface area contributed by atoms with Gasteiger partial charge in [-0.25, -0.2) is 5.01 Å². The Bertz CT molecular complexity index is 105. The van der Waals surface area contributed by atoms with E-state index < -0.39 is 5.12 Å². The molecular weight excluding hydrogens is 140 g/mol. The lowest BCUT2D eigenvalue weighted by atomic mass is 10.3. The van der Waals surface area contributed by atoms with Gasteiger partial charge in [-0.2, -0.15) is 0 Å². The average molecular weight is 151 g/mol. The minimum atomic E-state index is -0.891. The fourth-order valence-corrected chi connectivity index (χ4v) is 0.930. The molecule has 9 heavy (non-hydrogen) atoms. The molecule has 0 bridgehead atoms. The van der Waals surface area contributed by atoms with E-state index in [1.807, 2.05) is 0 Å². The van der Waals surface area contributed by atoms with E-state index in [1.54, 1.807) is 0 Å². The molecular formula is C4H11ClN4. The molecule has 1 fully saturated rings. The second-order valence-electron chi connectivity index (χ2n) is 2.19. The first-order chi connectivity index (χ1) is 4.13. The van der Waals surface area contributed by atoms with Crippen LogP contribution in [0.15, 0.2) is 0 Å². The van der Waals surface area contributed by atoms with Gasteiger partial charge in [-0.05, 0) is 0 Å². The van der Waals surface area contributed by atoms with Gasteiger partial charge in [0.2, 0.25) is 0 Å². The molecule has 0 amide bonds. The molecule has 0 radical (unpaired) electrons. The van der Waals surface area contributed by atoms with Gasteiger partial charge in [-0.1, -0.05) is 11.6 Å². The molecule has 1 aliphatic rings. The molecule has 4 nitrogen and oxygen atoms in total. The Labute approximate surface area is 59.1 Å². The molecule has 1 rings (SSSR count). The molecule has 0 aromatic heterocycles. The van der Waals surface area contributed by atoms with Crippen molar-refractivity contribution in [3.63, 3.8) is 0 Å². The van der Waals surface area contributed by atoms with Gasteiger partial charge in [0.15, 0.2) is 5.12 Å². The summed E-state index contributed by atoms with van der Waals surface area (Å²) in [7, 11) is 0. The van der Waals surface area contributed by atoms with Crippen molar-refractivity contribution < 1.29 is 0 Å². The first kappa shape index (κ1) is 7.24. The highest BCUT2D eigenvalue weighted by atomic mass is 35.5. The monoisotopic (exact) mass is 150 g/mol. The zero-order valence-electron chi connectivity index (χ0n) is 5.10. The van der Waals surface area contributed by atoms with Crippen molar-refractivity contribution in [3.8, 4) is 0 Å². The normalized spacial score (nSPS) is 39.0. The van der Waals surface area contributed by atoms with E-state index in [2.05, 4.69) is 5.32 Å². The van der Waals surface area contributed by atoms with Crippen molar-refractivity contribution in [1.29, 1.82) is 0 Å². The van der Waals surface area contributed by atoms with Crippen LogP contribution >= 0.6 is 11.6 Å². The maximum atomic E-state index is 5.74. The standard InChI is InChI=1S/C4H11ClN4/c5-4(6)3-8-1-2-9(4)7/h8H,1-3,6-7H2. The third-order valence-corrected chi connectivity index (χ3v) is 1.73. The Kier molecular flexibility index (Phi) is 1.93. The van der Waals surface area contributed by atoms with E-state index >= 15 is 0 Å². The number of piperazine rings is 1. The van der Waals surface area contributed by atoms with Crippen LogP contribution in [0, 0.1) is 0 Å². The van der Waals surface area contributed by atoms with Crippen LogP contribution in [0.1, 0.15) is 0 Å². The summed E-state index contributed by atoms with van der Waals surface area (Å²) in [6.07, 6.45) is 0. The molecule has 1 atom stereocenters. The lowest BCUT2D eigenvalue weighted by molar-refractivity contribution is 0.134. The minimum Gasteiger partial charge on any atom is -0.311 e. The molecule has 1 aliphatic heterocycles. The summed E-state index contributed by atoms with van der Waals surface area (Å²) in [6, 6.07) is 0. The Hall–Kier alpha value is 0.130. The number of nitrogens with two attached hydrogens (primary N) is 2. The van der Waals surface area contributed by atoms with Crippen LogP contribution in [0.2, 0.25) is 0 Å². The van der Waals surface area contributed by atoms with Gasteiger partial charge in [0, 0.05) is 19.6 Å². The Morgan fingerprint density at radius 1 is 1.67 bits per heavy atom. The Balaban J connectivity index is 2.49. The summed E-state index contributed by atoms with van der Waals surface area (Å²) in [6.45, 7) is 2.08. The Morgan fingerprint density at radius 3 is 2.67 bits per heavy atom. The molecule has 1 saturated heterocycles. The van der Waals surface area contributed by atoms with Gasteiger partial charge in [0.05, 0.1) is 0 Å². The minimum absolute atomic E-state index is 0.533. The van der Waals surface area contributed by atoms with Crippen molar-refractivity contribution in [3.05, 3.63) is 0 Å². The quantitative estimate of drug-likeness (QED) is 0.226. The van der Waals surface area contributed by atoms with Crippen molar-refractivity contribution in [2.45, 2.75) is 5.12 Å². The van der Waals surface area contributed by atoms with Crippen LogP contribution in [0.3, 0.4) is 0 Å². The number of halogens is 1. The third-order valence-electron chi connectivity index (χ3n) is 1.38. The smallest absolute Gasteiger partial charge is 0.171 e. The van der Waals surface area contributed by atoms with Gasteiger partial charge >= 0.3 is 0 Å². The van der Waals surface area contributed by atoms with Crippen LogP contribution in [0.4, 0.5) is 0 Å². The SMILES string of the molecule is NN1CCNCC1(N)Cl. The Morgan fingerprint density at radius 2 is 2.33 bits per heavy atom. The number of hydrogen-bond donors (Lipinski definition) is 3. The highest BCUT2D eigenvalue weighted by Gasteiger charge is 2.30. The summed E-state index contributed by atoms with van der Waals surface area (Å²) in [5, 5.41) is 3.57. The molecule has 0 aromatic carbocycles. The van der Waals surface area contributed by atoms with E-state index in [0.717, 1.165) is 6.54 Å². The molecule has 1 heterocycles. The molecule has 0 aliphatic carbocycles. The predicted molar refractivity (Wildman–Crippen MR) is 36.5 cm³/mol. The predicted octanol–water partition coefficient (Wildman–Crippen LogP) is -1.38. The lowest BCUT2D eigenvalue weighted by Crippen LogP contribution is -2.65. The third kappa shape index (κ3) is 1.53. The molecule has 0 spiro atoms. The summed E-state index contributed by atoms with van der Waals surface area (Å²) in [5.41, 5.74) is 5.53. The molecule has 0 aromatic rings. The maximum Gasteiger partial charge on any atom is 0.171 e. The highest BCUT2D eigenvalue weighted by molar-refractivity contribution is 6.23.